The summed E-state index contributed by atoms with van der Waals surface area (Å²) in [6, 6.07) is 0. The molecule has 0 aromatic rings. The van der Waals surface area contributed by atoms with Gasteiger partial charge < -0.3 is 9.84 Å². The first kappa shape index (κ1) is 16.9. The monoisotopic (exact) mass is 307 g/mol. The number of carboxylic acids is 1. The summed E-state index contributed by atoms with van der Waals surface area (Å²) in [5.74, 6) is -2.65. The molecule has 0 aromatic heterocycles. The summed E-state index contributed by atoms with van der Waals surface area (Å²) >= 11 is 0. The van der Waals surface area contributed by atoms with E-state index in [1.54, 1.807) is 0 Å². The van der Waals surface area contributed by atoms with Crippen LogP contribution in [0.2, 0.25) is 0 Å². The van der Waals surface area contributed by atoms with Crippen molar-refractivity contribution < 1.29 is 27.9 Å². The van der Waals surface area contributed by atoms with E-state index in [0.717, 1.165) is 32.8 Å². The lowest BCUT2D eigenvalue weighted by atomic mass is 9.80. The molecule has 8 heteroatoms. The van der Waals surface area contributed by atoms with Crippen molar-refractivity contribution in [2.45, 2.75) is 38.5 Å². The van der Waals surface area contributed by atoms with E-state index in [9.17, 15) is 23.1 Å². The largest absolute Gasteiger partial charge is 0.481 e. The van der Waals surface area contributed by atoms with Crippen molar-refractivity contribution in [3.8, 4) is 0 Å². The Morgan fingerprint density at radius 1 is 1.20 bits per heavy atom. The molecule has 0 spiro atoms. The third-order valence-corrected chi connectivity index (χ3v) is 4.88. The fourth-order valence-electron chi connectivity index (χ4n) is 2.38. The van der Waals surface area contributed by atoms with Crippen LogP contribution >= 0.6 is 0 Å². The lowest BCUT2D eigenvalue weighted by molar-refractivity contribution is -0.149. The van der Waals surface area contributed by atoms with E-state index >= 15 is 0 Å². The van der Waals surface area contributed by atoms with Crippen molar-refractivity contribution in [2.75, 3.05) is 19.4 Å². The highest BCUT2D eigenvalue weighted by molar-refractivity contribution is 7.90. The SMILES string of the molecule is COC(=O)CS(=O)(=O)NCC1(C(=O)O)CCCCCC1. The second kappa shape index (κ2) is 7.03. The molecular formula is C12H21NO6S. The third kappa shape index (κ3) is 4.75. The van der Waals surface area contributed by atoms with Gasteiger partial charge >= 0.3 is 11.9 Å². The fourth-order valence-corrected chi connectivity index (χ4v) is 3.41. The molecule has 1 aliphatic carbocycles. The van der Waals surface area contributed by atoms with E-state index in [1.165, 1.54) is 0 Å². The van der Waals surface area contributed by atoms with Gasteiger partial charge in [0.2, 0.25) is 10.0 Å². The minimum atomic E-state index is -3.86. The summed E-state index contributed by atoms with van der Waals surface area (Å²) in [6.45, 7) is -0.179. The molecule has 2 N–H and O–H groups in total. The zero-order valence-electron chi connectivity index (χ0n) is 11.6. The van der Waals surface area contributed by atoms with Gasteiger partial charge in [-0.2, -0.15) is 0 Å². The number of aliphatic carboxylic acids is 1. The van der Waals surface area contributed by atoms with E-state index in [2.05, 4.69) is 9.46 Å². The minimum Gasteiger partial charge on any atom is -0.481 e. The lowest BCUT2D eigenvalue weighted by Crippen LogP contribution is -2.44. The highest BCUT2D eigenvalue weighted by atomic mass is 32.2. The predicted octanol–water partition coefficient (Wildman–Crippen LogP) is 0.504. The molecule has 0 bridgehead atoms. The molecule has 1 aliphatic rings. The van der Waals surface area contributed by atoms with E-state index < -0.39 is 33.1 Å². The normalized spacial score (nSPS) is 19.1. The number of carboxylic acid groups (broad SMARTS) is 1. The molecule has 7 nitrogen and oxygen atoms in total. The molecule has 0 amide bonds. The van der Waals surface area contributed by atoms with Gasteiger partial charge in [-0.05, 0) is 12.8 Å². The average Bonchev–Trinajstić information content (AvgIpc) is 2.62. The number of methoxy groups -OCH3 is 1. The summed E-state index contributed by atoms with van der Waals surface area (Å²) < 4.78 is 29.9. The zero-order chi connectivity index (χ0) is 15.2. The van der Waals surface area contributed by atoms with Crippen molar-refractivity contribution in [3.63, 3.8) is 0 Å². The Bertz CT molecular complexity index is 451. The van der Waals surface area contributed by atoms with Gasteiger partial charge in [-0.1, -0.05) is 25.7 Å². The molecule has 0 atom stereocenters. The first-order valence-electron chi connectivity index (χ1n) is 6.59. The van der Waals surface area contributed by atoms with Crippen LogP contribution in [0.3, 0.4) is 0 Å². The average molecular weight is 307 g/mol. The summed E-state index contributed by atoms with van der Waals surface area (Å²) in [7, 11) is -2.76. The first-order valence-corrected chi connectivity index (χ1v) is 8.24. The molecule has 0 aromatic carbocycles. The lowest BCUT2D eigenvalue weighted by Gasteiger charge is -2.28. The summed E-state index contributed by atoms with van der Waals surface area (Å²) in [4.78, 5) is 22.5. The highest BCUT2D eigenvalue weighted by Gasteiger charge is 2.39. The van der Waals surface area contributed by atoms with Gasteiger partial charge in [0.1, 0.15) is 0 Å². The van der Waals surface area contributed by atoms with E-state index in [4.69, 9.17) is 0 Å². The number of carbonyl (C=O) groups is 2. The summed E-state index contributed by atoms with van der Waals surface area (Å²) in [6.07, 6.45) is 4.36. The maximum atomic E-state index is 11.7. The molecule has 0 radical (unpaired) electrons. The number of sulfonamides is 1. The number of carbonyl (C=O) groups excluding carboxylic acids is 1. The number of rotatable bonds is 6. The molecule has 1 saturated carbocycles. The smallest absolute Gasteiger partial charge is 0.322 e. The summed E-state index contributed by atoms with van der Waals surface area (Å²) in [5, 5.41) is 9.41. The van der Waals surface area contributed by atoms with E-state index in [0.29, 0.717) is 12.8 Å². The highest BCUT2D eigenvalue weighted by Crippen LogP contribution is 2.35. The third-order valence-electron chi connectivity index (χ3n) is 3.68. The number of nitrogens with one attached hydrogen (secondary N) is 1. The molecular weight excluding hydrogens is 286 g/mol. The Morgan fingerprint density at radius 3 is 2.20 bits per heavy atom. The molecule has 116 valence electrons. The second-order valence-electron chi connectivity index (χ2n) is 5.16. The number of hydrogen-bond donors (Lipinski definition) is 2. The summed E-state index contributed by atoms with van der Waals surface area (Å²) in [5.41, 5.74) is -1.07. The number of esters is 1. The van der Waals surface area contributed by atoms with Crippen LogP contribution in [0.1, 0.15) is 38.5 Å². The Balaban J connectivity index is 2.72. The van der Waals surface area contributed by atoms with Gasteiger partial charge in [0, 0.05) is 6.54 Å². The van der Waals surface area contributed by atoms with Crippen molar-refractivity contribution in [3.05, 3.63) is 0 Å². The molecule has 1 rings (SSSR count). The first-order chi connectivity index (χ1) is 9.31. The Kier molecular flexibility index (Phi) is 5.94. The van der Waals surface area contributed by atoms with E-state index in [1.807, 2.05) is 0 Å². The quantitative estimate of drug-likeness (QED) is 0.546. The van der Waals surface area contributed by atoms with Crippen LogP contribution in [0, 0.1) is 5.41 Å². The zero-order valence-corrected chi connectivity index (χ0v) is 12.4. The van der Waals surface area contributed by atoms with Crippen molar-refractivity contribution in [1.82, 2.24) is 4.72 Å². The predicted molar refractivity (Wildman–Crippen MR) is 71.6 cm³/mol. The van der Waals surface area contributed by atoms with E-state index in [-0.39, 0.29) is 6.54 Å². The van der Waals surface area contributed by atoms with Crippen LogP contribution in [0.15, 0.2) is 0 Å². The van der Waals surface area contributed by atoms with Crippen molar-refractivity contribution in [2.24, 2.45) is 5.41 Å². The number of hydrogen-bond acceptors (Lipinski definition) is 5. The molecule has 0 saturated heterocycles. The molecule has 0 heterocycles. The van der Waals surface area contributed by atoms with Crippen molar-refractivity contribution in [1.29, 1.82) is 0 Å². The minimum absolute atomic E-state index is 0.179. The topological polar surface area (TPSA) is 110 Å². The van der Waals surface area contributed by atoms with Crippen LogP contribution in [0.4, 0.5) is 0 Å². The van der Waals surface area contributed by atoms with Gasteiger partial charge in [-0.15, -0.1) is 0 Å². The fraction of sp³-hybridized carbons (Fsp3) is 0.833. The standard InChI is InChI=1S/C12H21NO6S/c1-19-10(14)8-20(17,18)13-9-12(11(15)16)6-4-2-3-5-7-12/h13H,2-9H2,1H3,(H,15,16). The molecule has 20 heavy (non-hydrogen) atoms. The van der Waals surface area contributed by atoms with Gasteiger partial charge in [0.15, 0.2) is 5.75 Å². The van der Waals surface area contributed by atoms with Crippen LogP contribution in [-0.2, 0) is 24.3 Å². The van der Waals surface area contributed by atoms with Gasteiger partial charge in [0.25, 0.3) is 0 Å². The Morgan fingerprint density at radius 2 is 1.75 bits per heavy atom. The number of ether oxygens (including phenoxy) is 1. The van der Waals surface area contributed by atoms with Gasteiger partial charge in [-0.3, -0.25) is 9.59 Å². The van der Waals surface area contributed by atoms with Crippen LogP contribution in [-0.4, -0.2) is 44.9 Å². The Hall–Kier alpha value is -1.15. The Labute approximate surface area is 118 Å². The second-order valence-corrected chi connectivity index (χ2v) is 6.96. The van der Waals surface area contributed by atoms with Crippen LogP contribution in [0.5, 0.6) is 0 Å². The molecule has 0 aliphatic heterocycles. The van der Waals surface area contributed by atoms with Crippen LogP contribution in [0.25, 0.3) is 0 Å². The van der Waals surface area contributed by atoms with Gasteiger partial charge in [-0.25, -0.2) is 13.1 Å². The van der Waals surface area contributed by atoms with Gasteiger partial charge in [0.05, 0.1) is 12.5 Å². The van der Waals surface area contributed by atoms with Crippen LogP contribution < -0.4 is 4.72 Å². The molecule has 1 fully saturated rings. The maximum Gasteiger partial charge on any atom is 0.322 e. The van der Waals surface area contributed by atoms with Crippen molar-refractivity contribution >= 4 is 22.0 Å². The maximum absolute atomic E-state index is 11.7. The molecule has 0 unspecified atom stereocenters.